The Balaban J connectivity index is 1.93. The molecule has 4 nitrogen and oxygen atoms in total. The quantitative estimate of drug-likeness (QED) is 0.305. The summed E-state index contributed by atoms with van der Waals surface area (Å²) in [6.07, 6.45) is -7.56. The van der Waals surface area contributed by atoms with Gasteiger partial charge in [0.25, 0.3) is 0 Å². The zero-order chi connectivity index (χ0) is 27.6. The van der Waals surface area contributed by atoms with Gasteiger partial charge in [0.15, 0.2) is 0 Å². The Labute approximate surface area is 213 Å². The largest absolute Gasteiger partial charge is 0.444 e. The zero-order valence-corrected chi connectivity index (χ0v) is 21.2. The van der Waals surface area contributed by atoms with Gasteiger partial charge in [0.2, 0.25) is 0 Å². The van der Waals surface area contributed by atoms with E-state index >= 15 is 0 Å². The summed E-state index contributed by atoms with van der Waals surface area (Å²) in [4.78, 5) is 15.0. The van der Waals surface area contributed by atoms with Gasteiger partial charge >= 0.3 is 18.4 Å². The lowest BCUT2D eigenvalue weighted by atomic mass is 9.85. The van der Waals surface area contributed by atoms with Crippen molar-refractivity contribution in [2.24, 2.45) is 5.92 Å². The summed E-state index contributed by atoms with van der Waals surface area (Å²) in [6.45, 7) is 8.27. The number of hydrogen-bond acceptors (Lipinski definition) is 3. The minimum Gasteiger partial charge on any atom is -0.444 e. The molecule has 1 aromatic rings. The second-order valence-electron chi connectivity index (χ2n) is 10.8. The third kappa shape index (κ3) is 8.25. The fourth-order valence-corrected chi connectivity index (χ4v) is 4.87. The lowest BCUT2D eigenvalue weighted by molar-refractivity contribution is -0.149. The minimum absolute atomic E-state index is 0.106. The van der Waals surface area contributed by atoms with Crippen LogP contribution in [-0.2, 0) is 11.2 Å². The van der Waals surface area contributed by atoms with Crippen molar-refractivity contribution in [1.82, 2.24) is 10.2 Å². The third-order valence-electron chi connectivity index (χ3n) is 6.58. The number of nitrogens with one attached hydrogen (secondary N) is 1. The highest BCUT2D eigenvalue weighted by molar-refractivity contribution is 5.69. The summed E-state index contributed by atoms with van der Waals surface area (Å²) >= 11 is 0. The van der Waals surface area contributed by atoms with E-state index < -0.39 is 47.7 Å². The number of likely N-dealkylation sites (tertiary alicyclic amines) is 1. The van der Waals surface area contributed by atoms with E-state index in [9.17, 15) is 31.1 Å². The van der Waals surface area contributed by atoms with Crippen LogP contribution in [0.1, 0.15) is 52.0 Å². The summed E-state index contributed by atoms with van der Waals surface area (Å²) in [5.41, 5.74) is -1.31. The minimum atomic E-state index is -4.96. The molecular formula is C27H34F6N2O2. The van der Waals surface area contributed by atoms with Crippen molar-refractivity contribution >= 4 is 6.09 Å². The zero-order valence-electron chi connectivity index (χ0n) is 21.2. The van der Waals surface area contributed by atoms with E-state index in [1.165, 1.54) is 0 Å². The molecule has 1 aliphatic heterocycles. The van der Waals surface area contributed by atoms with Crippen molar-refractivity contribution in [3.8, 4) is 0 Å². The molecule has 1 aromatic carbocycles. The lowest BCUT2D eigenvalue weighted by Gasteiger charge is -2.46. The maximum Gasteiger partial charge on any atom is 0.416 e. The molecule has 2 aliphatic rings. The molecule has 2 fully saturated rings. The Morgan fingerprint density at radius 2 is 1.73 bits per heavy atom. The summed E-state index contributed by atoms with van der Waals surface area (Å²) in [5.74, 6) is 0.106. The number of rotatable bonds is 7. The van der Waals surface area contributed by atoms with E-state index in [0.29, 0.717) is 12.5 Å². The number of halogens is 6. The Kier molecular flexibility index (Phi) is 8.71. The topological polar surface area (TPSA) is 41.6 Å². The summed E-state index contributed by atoms with van der Waals surface area (Å²) < 4.78 is 86.9. The molecule has 4 unspecified atom stereocenters. The maximum atomic E-state index is 13.9. The van der Waals surface area contributed by atoms with Gasteiger partial charge in [-0.25, -0.2) is 4.79 Å². The van der Waals surface area contributed by atoms with Crippen molar-refractivity contribution in [2.45, 2.75) is 95.0 Å². The fraction of sp³-hybridized carbons (Fsp3) is 0.593. The molecule has 10 heteroatoms. The SMILES string of the molecule is C=C/C(=C\C(NC1CC(Cc2ccccc2)N(C(=O)OC(C)(C)C)C(C2CC2)C1)C(F)(F)F)C(F)(F)F. The monoisotopic (exact) mass is 532 g/mol. The number of ether oxygens (including phenoxy) is 1. The molecule has 0 bridgehead atoms. The smallest absolute Gasteiger partial charge is 0.416 e. The number of allylic oxidation sites excluding steroid dienone is 2. The van der Waals surface area contributed by atoms with Crippen LogP contribution >= 0.6 is 0 Å². The second kappa shape index (κ2) is 11.1. The van der Waals surface area contributed by atoms with Crippen molar-refractivity contribution in [2.75, 3.05) is 0 Å². The molecule has 206 valence electrons. The average Bonchev–Trinajstić information content (AvgIpc) is 3.59. The molecule has 1 amide bonds. The van der Waals surface area contributed by atoms with Crippen molar-refractivity contribution in [3.63, 3.8) is 0 Å². The van der Waals surface area contributed by atoms with Crippen LogP contribution in [0, 0.1) is 5.92 Å². The molecule has 0 aromatic heterocycles. The average molecular weight is 533 g/mol. The van der Waals surface area contributed by atoms with E-state index in [2.05, 4.69) is 11.9 Å². The molecule has 0 spiro atoms. The van der Waals surface area contributed by atoms with Gasteiger partial charge in [0, 0.05) is 18.1 Å². The first kappa shape index (κ1) is 29.1. The number of hydrogen-bond donors (Lipinski definition) is 1. The molecule has 3 rings (SSSR count). The molecule has 0 radical (unpaired) electrons. The van der Waals surface area contributed by atoms with E-state index in [-0.39, 0.29) is 30.9 Å². The van der Waals surface area contributed by atoms with E-state index in [0.717, 1.165) is 18.4 Å². The van der Waals surface area contributed by atoms with Crippen LogP contribution in [0.15, 0.2) is 54.6 Å². The number of nitrogens with zero attached hydrogens (tertiary/aromatic N) is 1. The number of alkyl halides is 6. The Morgan fingerprint density at radius 1 is 1.11 bits per heavy atom. The highest BCUT2D eigenvalue weighted by Crippen LogP contribution is 2.43. The van der Waals surface area contributed by atoms with Gasteiger partial charge in [-0.2, -0.15) is 26.3 Å². The predicted octanol–water partition coefficient (Wildman–Crippen LogP) is 6.97. The van der Waals surface area contributed by atoms with Gasteiger partial charge in [-0.3, -0.25) is 5.32 Å². The molecule has 1 saturated carbocycles. The van der Waals surface area contributed by atoms with Crippen LogP contribution in [0.5, 0.6) is 0 Å². The number of carbonyl (C=O) groups excluding carboxylic acids is 1. The van der Waals surface area contributed by atoms with Gasteiger partial charge in [0.05, 0.1) is 5.57 Å². The second-order valence-corrected chi connectivity index (χ2v) is 10.8. The van der Waals surface area contributed by atoms with E-state index in [1.807, 2.05) is 30.3 Å². The van der Waals surface area contributed by atoms with Gasteiger partial charge in [0.1, 0.15) is 11.6 Å². The van der Waals surface area contributed by atoms with E-state index in [4.69, 9.17) is 4.74 Å². The predicted molar refractivity (Wildman–Crippen MR) is 129 cm³/mol. The van der Waals surface area contributed by atoms with Crippen LogP contribution in [0.4, 0.5) is 31.1 Å². The summed E-state index contributed by atoms with van der Waals surface area (Å²) in [5, 5.41) is 2.44. The lowest BCUT2D eigenvalue weighted by Crippen LogP contribution is -2.60. The molecule has 37 heavy (non-hydrogen) atoms. The number of amides is 1. The number of benzene rings is 1. The van der Waals surface area contributed by atoms with Crippen LogP contribution in [0.25, 0.3) is 0 Å². The first-order valence-electron chi connectivity index (χ1n) is 12.4. The van der Waals surface area contributed by atoms with Crippen LogP contribution in [-0.4, -0.2) is 53.1 Å². The Hall–Kier alpha value is -2.49. The highest BCUT2D eigenvalue weighted by Gasteiger charge is 2.49. The van der Waals surface area contributed by atoms with Crippen LogP contribution in [0.3, 0.4) is 0 Å². The Bertz CT molecular complexity index is 964. The first-order valence-corrected chi connectivity index (χ1v) is 12.4. The highest BCUT2D eigenvalue weighted by atomic mass is 19.4. The standard InChI is InChI=1S/C27H34F6N2O2/c1-5-19(26(28,29)30)14-23(27(31,32)33)34-20-15-21(13-17-9-7-6-8-10-17)35(22(16-20)18-11-12-18)24(36)37-25(2,3)4/h5-10,14,18,20-23,34H,1,11-13,15-16H2,2-4H3/b19-14+. The van der Waals surface area contributed by atoms with Gasteiger partial charge in [-0.15, -0.1) is 0 Å². The molecule has 1 heterocycles. The fourth-order valence-electron chi connectivity index (χ4n) is 4.87. The van der Waals surface area contributed by atoms with E-state index in [1.54, 1.807) is 25.7 Å². The van der Waals surface area contributed by atoms with Crippen molar-refractivity contribution < 1.29 is 35.9 Å². The molecular weight excluding hydrogens is 498 g/mol. The van der Waals surface area contributed by atoms with Gasteiger partial charge < -0.3 is 9.64 Å². The van der Waals surface area contributed by atoms with Crippen LogP contribution in [0.2, 0.25) is 0 Å². The molecule has 1 saturated heterocycles. The third-order valence-corrected chi connectivity index (χ3v) is 6.58. The number of carbonyl (C=O) groups is 1. The first-order chi connectivity index (χ1) is 17.1. The Morgan fingerprint density at radius 3 is 2.22 bits per heavy atom. The molecule has 1 aliphatic carbocycles. The van der Waals surface area contributed by atoms with Crippen molar-refractivity contribution in [3.05, 3.63) is 60.2 Å². The molecule has 4 atom stereocenters. The van der Waals surface area contributed by atoms with Gasteiger partial charge in [-0.1, -0.05) is 43.0 Å². The normalized spacial score (nSPS) is 24.5. The van der Waals surface area contributed by atoms with Crippen molar-refractivity contribution in [1.29, 1.82) is 0 Å². The summed E-state index contributed by atoms with van der Waals surface area (Å²) in [6, 6.07) is 5.10. The summed E-state index contributed by atoms with van der Waals surface area (Å²) in [7, 11) is 0. The van der Waals surface area contributed by atoms with Gasteiger partial charge in [-0.05, 0) is 70.4 Å². The maximum absolute atomic E-state index is 13.9. The molecule has 1 N–H and O–H groups in total. The number of piperidine rings is 1. The van der Waals surface area contributed by atoms with Crippen LogP contribution < -0.4 is 5.32 Å².